The number of ether oxygens (including phenoxy) is 2. The fourth-order valence-electron chi connectivity index (χ4n) is 3.24. The normalized spacial score (nSPS) is 12.4. The number of nitrogens with one attached hydrogen (secondary N) is 2. The summed E-state index contributed by atoms with van der Waals surface area (Å²) in [4.78, 5) is 36.6. The number of nitrogens with zero attached hydrogens (tertiary/aromatic N) is 1. The molecule has 198 valence electrons. The van der Waals surface area contributed by atoms with Crippen molar-refractivity contribution in [2.45, 2.75) is 25.5 Å². The Hall–Kier alpha value is -4.08. The second kappa shape index (κ2) is 14.0. The van der Waals surface area contributed by atoms with E-state index in [1.807, 2.05) is 30.3 Å². The minimum atomic E-state index is -1.10. The molecule has 0 heterocycles. The van der Waals surface area contributed by atoms with Gasteiger partial charge in [0.2, 0.25) is 0 Å². The maximum Gasteiger partial charge on any atom is 0.341 e. The van der Waals surface area contributed by atoms with Crippen molar-refractivity contribution in [2.24, 2.45) is 5.10 Å². The third-order valence-electron chi connectivity index (χ3n) is 5.09. The molecule has 0 aliphatic rings. The van der Waals surface area contributed by atoms with Crippen LogP contribution in [0.5, 0.6) is 11.5 Å². The predicted molar refractivity (Wildman–Crippen MR) is 144 cm³/mol. The number of hydrogen-bond acceptors (Lipinski definition) is 6. The van der Waals surface area contributed by atoms with Crippen molar-refractivity contribution in [3.63, 3.8) is 0 Å². The number of carbonyl (C=O) groups excluding carboxylic acids is 2. The van der Waals surface area contributed by atoms with Crippen LogP contribution in [-0.2, 0) is 20.8 Å². The molecule has 0 bridgehead atoms. The first-order valence-electron chi connectivity index (χ1n) is 11.4. The third kappa shape index (κ3) is 9.10. The van der Waals surface area contributed by atoms with E-state index in [2.05, 4.69) is 15.8 Å². The van der Waals surface area contributed by atoms with Crippen LogP contribution >= 0.6 is 23.2 Å². The number of aliphatic carboxylic acids is 1. The molecule has 0 aromatic heterocycles. The van der Waals surface area contributed by atoms with Gasteiger partial charge < -0.3 is 19.9 Å². The maximum atomic E-state index is 13.0. The molecule has 9 nitrogen and oxygen atoms in total. The molecule has 3 N–H and O–H groups in total. The molecule has 0 saturated carbocycles. The van der Waals surface area contributed by atoms with Crippen LogP contribution in [-0.4, -0.2) is 47.9 Å². The molecule has 2 amide bonds. The molecular weight excluding hydrogens is 533 g/mol. The predicted octanol–water partition coefficient (Wildman–Crippen LogP) is 4.10. The Balaban J connectivity index is 1.67. The van der Waals surface area contributed by atoms with Gasteiger partial charge in [0.1, 0.15) is 17.5 Å². The third-order valence-corrected chi connectivity index (χ3v) is 5.62. The van der Waals surface area contributed by atoms with Crippen LogP contribution in [0.2, 0.25) is 10.0 Å². The monoisotopic (exact) mass is 557 g/mol. The molecule has 0 aliphatic carbocycles. The Kier molecular flexibility index (Phi) is 10.5. The molecule has 11 heteroatoms. The number of benzene rings is 3. The van der Waals surface area contributed by atoms with E-state index in [9.17, 15) is 14.4 Å². The molecule has 3 aromatic carbocycles. The Morgan fingerprint density at radius 3 is 2.47 bits per heavy atom. The average molecular weight is 558 g/mol. The zero-order valence-electron chi connectivity index (χ0n) is 20.3. The van der Waals surface area contributed by atoms with E-state index in [-0.39, 0.29) is 17.2 Å². The van der Waals surface area contributed by atoms with Crippen molar-refractivity contribution in [1.29, 1.82) is 0 Å². The van der Waals surface area contributed by atoms with Gasteiger partial charge in [-0.3, -0.25) is 9.59 Å². The SMILES string of the molecule is C[C@H](Oc1ccc(Cl)cc1Cl)C(=O)N[C@H](Cc1ccccc1)C(=O)N/N=C\c1cccc(OCC(=O)O)c1. The number of rotatable bonds is 12. The van der Waals surface area contributed by atoms with Crippen LogP contribution in [0.1, 0.15) is 18.1 Å². The quantitative estimate of drug-likeness (QED) is 0.227. The minimum Gasteiger partial charge on any atom is -0.482 e. The van der Waals surface area contributed by atoms with Crippen LogP contribution in [0.25, 0.3) is 0 Å². The zero-order chi connectivity index (χ0) is 27.5. The van der Waals surface area contributed by atoms with Crippen LogP contribution < -0.4 is 20.2 Å². The molecular formula is C27H25Cl2N3O6. The maximum absolute atomic E-state index is 13.0. The van der Waals surface area contributed by atoms with Gasteiger partial charge in [0, 0.05) is 11.4 Å². The Morgan fingerprint density at radius 2 is 1.76 bits per heavy atom. The second-order valence-corrected chi connectivity index (χ2v) is 8.92. The highest BCUT2D eigenvalue weighted by Crippen LogP contribution is 2.28. The number of carboxylic acids is 1. The highest BCUT2D eigenvalue weighted by atomic mass is 35.5. The Labute approximate surface area is 229 Å². The summed E-state index contributed by atoms with van der Waals surface area (Å²) in [6.45, 7) is 1.06. The molecule has 0 unspecified atom stereocenters. The summed E-state index contributed by atoms with van der Waals surface area (Å²) in [6.07, 6.45) is 0.624. The first kappa shape index (κ1) is 28.5. The van der Waals surface area contributed by atoms with Gasteiger partial charge in [0.25, 0.3) is 11.8 Å². The molecule has 0 aliphatic heterocycles. The number of halogens is 2. The van der Waals surface area contributed by atoms with E-state index in [1.54, 1.807) is 36.4 Å². The number of carbonyl (C=O) groups is 3. The summed E-state index contributed by atoms with van der Waals surface area (Å²) in [5.74, 6) is -1.56. The van der Waals surface area contributed by atoms with Crippen molar-refractivity contribution in [3.05, 3.63) is 94.0 Å². The van der Waals surface area contributed by atoms with E-state index < -0.39 is 36.5 Å². The molecule has 38 heavy (non-hydrogen) atoms. The van der Waals surface area contributed by atoms with Gasteiger partial charge in [0.15, 0.2) is 12.7 Å². The average Bonchev–Trinajstić information content (AvgIpc) is 2.89. The van der Waals surface area contributed by atoms with Crippen LogP contribution in [0.3, 0.4) is 0 Å². The van der Waals surface area contributed by atoms with Gasteiger partial charge in [-0.2, -0.15) is 5.10 Å². The lowest BCUT2D eigenvalue weighted by Crippen LogP contribution is -2.50. The molecule has 3 rings (SSSR count). The molecule has 0 spiro atoms. The number of hydrogen-bond donors (Lipinski definition) is 3. The summed E-state index contributed by atoms with van der Waals surface area (Å²) in [5.41, 5.74) is 3.83. The first-order chi connectivity index (χ1) is 18.2. The van der Waals surface area contributed by atoms with Gasteiger partial charge in [-0.1, -0.05) is 65.7 Å². The highest BCUT2D eigenvalue weighted by molar-refractivity contribution is 6.35. The minimum absolute atomic E-state index is 0.209. The van der Waals surface area contributed by atoms with Crippen molar-refractivity contribution in [3.8, 4) is 11.5 Å². The van der Waals surface area contributed by atoms with E-state index in [0.29, 0.717) is 16.3 Å². The summed E-state index contributed by atoms with van der Waals surface area (Å²) in [6, 6.07) is 19.4. The lowest BCUT2D eigenvalue weighted by Gasteiger charge is -2.21. The highest BCUT2D eigenvalue weighted by Gasteiger charge is 2.25. The van der Waals surface area contributed by atoms with E-state index >= 15 is 0 Å². The van der Waals surface area contributed by atoms with Gasteiger partial charge >= 0.3 is 5.97 Å². The number of carboxylic acid groups (broad SMARTS) is 1. The fraction of sp³-hybridized carbons (Fsp3) is 0.185. The molecule has 0 fully saturated rings. The lowest BCUT2D eigenvalue weighted by atomic mass is 10.1. The topological polar surface area (TPSA) is 126 Å². The summed E-state index contributed by atoms with van der Waals surface area (Å²) in [5, 5.41) is 16.1. The summed E-state index contributed by atoms with van der Waals surface area (Å²) < 4.78 is 10.8. The summed E-state index contributed by atoms with van der Waals surface area (Å²) >= 11 is 12.0. The lowest BCUT2D eigenvalue weighted by molar-refractivity contribution is -0.139. The van der Waals surface area contributed by atoms with E-state index in [0.717, 1.165) is 5.56 Å². The van der Waals surface area contributed by atoms with Gasteiger partial charge in [-0.15, -0.1) is 0 Å². The van der Waals surface area contributed by atoms with Crippen molar-refractivity contribution < 1.29 is 29.0 Å². The van der Waals surface area contributed by atoms with Gasteiger partial charge in [-0.05, 0) is 48.4 Å². The number of hydrazone groups is 1. The van der Waals surface area contributed by atoms with Crippen LogP contribution in [0.15, 0.2) is 77.9 Å². The van der Waals surface area contributed by atoms with E-state index in [4.69, 9.17) is 37.8 Å². The van der Waals surface area contributed by atoms with Crippen LogP contribution in [0.4, 0.5) is 0 Å². The van der Waals surface area contributed by atoms with Gasteiger partial charge in [0.05, 0.1) is 11.2 Å². The molecule has 3 aromatic rings. The van der Waals surface area contributed by atoms with Crippen molar-refractivity contribution >= 4 is 47.2 Å². The van der Waals surface area contributed by atoms with E-state index in [1.165, 1.54) is 19.2 Å². The zero-order valence-corrected chi connectivity index (χ0v) is 21.8. The standard InChI is InChI=1S/C27H25Cl2N3O6/c1-17(38-24-11-10-20(28)14-22(24)29)26(35)31-23(13-18-6-3-2-4-7-18)27(36)32-30-15-19-8-5-9-21(12-19)37-16-25(33)34/h2-12,14-15,17,23H,13,16H2,1H3,(H,31,35)(H,32,36)(H,33,34)/b30-15-/t17-,23+/m0/s1. The fourth-order valence-corrected chi connectivity index (χ4v) is 3.69. The van der Waals surface area contributed by atoms with Gasteiger partial charge in [-0.25, -0.2) is 10.2 Å². The molecule has 0 radical (unpaired) electrons. The molecule has 0 saturated heterocycles. The molecule has 2 atom stereocenters. The Bertz CT molecular complexity index is 1300. The van der Waals surface area contributed by atoms with Crippen molar-refractivity contribution in [1.82, 2.24) is 10.7 Å². The van der Waals surface area contributed by atoms with Crippen LogP contribution in [0, 0.1) is 0 Å². The Morgan fingerprint density at radius 1 is 1.00 bits per heavy atom. The first-order valence-corrected chi connectivity index (χ1v) is 12.2. The summed E-state index contributed by atoms with van der Waals surface area (Å²) in [7, 11) is 0. The second-order valence-electron chi connectivity index (χ2n) is 8.07. The largest absolute Gasteiger partial charge is 0.482 e. The smallest absolute Gasteiger partial charge is 0.341 e. The number of amides is 2. The van der Waals surface area contributed by atoms with Crippen molar-refractivity contribution in [2.75, 3.05) is 6.61 Å².